The third-order valence-corrected chi connectivity index (χ3v) is 6.65. The molecule has 3 rings (SSSR count). The molecule has 0 bridgehead atoms. The van der Waals surface area contributed by atoms with E-state index in [1.807, 2.05) is 0 Å². The third-order valence-electron chi connectivity index (χ3n) is 3.98. The number of amides is 3. The molecular formula is C17H14Cl2N4O5S2. The molecule has 158 valence electrons. The highest BCUT2D eigenvalue weighted by Gasteiger charge is 2.41. The van der Waals surface area contributed by atoms with Crippen LogP contribution in [0.25, 0.3) is 0 Å². The molecule has 1 unspecified atom stereocenters. The van der Waals surface area contributed by atoms with E-state index in [1.165, 1.54) is 19.1 Å². The van der Waals surface area contributed by atoms with E-state index in [1.54, 1.807) is 6.92 Å². The van der Waals surface area contributed by atoms with Crippen LogP contribution in [0.4, 0.5) is 5.13 Å². The molecule has 1 N–H and O–H groups in total. The number of nitrogens with one attached hydrogen (secondary N) is 1. The van der Waals surface area contributed by atoms with Gasteiger partial charge < -0.3 is 4.74 Å². The van der Waals surface area contributed by atoms with Crippen LogP contribution in [0.5, 0.6) is 0 Å². The van der Waals surface area contributed by atoms with Gasteiger partial charge in [-0.15, -0.1) is 10.2 Å². The van der Waals surface area contributed by atoms with E-state index in [0.29, 0.717) is 4.34 Å². The molecule has 0 saturated heterocycles. The number of imide groups is 1. The normalized spacial score (nSPS) is 13.9. The summed E-state index contributed by atoms with van der Waals surface area (Å²) in [5.41, 5.74) is 0.172. The lowest BCUT2D eigenvalue weighted by Crippen LogP contribution is -2.45. The Morgan fingerprint density at radius 1 is 1.20 bits per heavy atom. The van der Waals surface area contributed by atoms with Crippen molar-refractivity contribution in [3.63, 3.8) is 0 Å². The highest BCUT2D eigenvalue weighted by molar-refractivity contribution is 8.01. The maximum absolute atomic E-state index is 12.6. The third kappa shape index (κ3) is 4.59. The summed E-state index contributed by atoms with van der Waals surface area (Å²) in [5.74, 6) is -2.23. The minimum absolute atomic E-state index is 0.0625. The monoisotopic (exact) mass is 488 g/mol. The van der Waals surface area contributed by atoms with Crippen molar-refractivity contribution < 1.29 is 23.9 Å². The lowest BCUT2D eigenvalue weighted by atomic mass is 10.1. The first-order valence-corrected chi connectivity index (χ1v) is 11.1. The summed E-state index contributed by atoms with van der Waals surface area (Å²) in [5, 5.41) is 10.7. The van der Waals surface area contributed by atoms with Crippen molar-refractivity contribution >= 4 is 75.1 Å². The second-order valence-electron chi connectivity index (χ2n) is 5.92. The van der Waals surface area contributed by atoms with E-state index < -0.39 is 23.8 Å². The van der Waals surface area contributed by atoms with Gasteiger partial charge in [0.05, 0.1) is 33.5 Å². The SMILES string of the molecule is CCOC(=O)CSc1nnc(NC(=O)C(C)N2C(=O)c3cc(Cl)c(Cl)cc3C2=O)s1. The second kappa shape index (κ2) is 9.29. The Kier molecular flexibility index (Phi) is 6.96. The summed E-state index contributed by atoms with van der Waals surface area (Å²) in [6.45, 7) is 3.41. The lowest BCUT2D eigenvalue weighted by Gasteiger charge is -2.20. The van der Waals surface area contributed by atoms with Gasteiger partial charge in [0.15, 0.2) is 4.34 Å². The smallest absolute Gasteiger partial charge is 0.316 e. The number of carbonyl (C=O) groups is 4. The number of rotatable bonds is 7. The topological polar surface area (TPSA) is 119 Å². The van der Waals surface area contributed by atoms with Crippen molar-refractivity contribution in [3.05, 3.63) is 33.3 Å². The molecule has 1 aliphatic rings. The fraction of sp³-hybridized carbons (Fsp3) is 0.294. The Bertz CT molecular complexity index is 1000. The van der Waals surface area contributed by atoms with Gasteiger partial charge in [0.25, 0.3) is 11.8 Å². The van der Waals surface area contributed by atoms with Gasteiger partial charge in [-0.25, -0.2) is 0 Å². The lowest BCUT2D eigenvalue weighted by molar-refractivity contribution is -0.139. The molecule has 2 heterocycles. The largest absolute Gasteiger partial charge is 0.465 e. The summed E-state index contributed by atoms with van der Waals surface area (Å²) < 4.78 is 5.28. The first kappa shape index (κ1) is 22.5. The van der Waals surface area contributed by atoms with Crippen LogP contribution in [0.3, 0.4) is 0 Å². The number of esters is 1. The van der Waals surface area contributed by atoms with Crippen LogP contribution in [0.2, 0.25) is 10.0 Å². The molecule has 3 amide bonds. The molecule has 0 aliphatic carbocycles. The minimum atomic E-state index is -1.12. The Hall–Kier alpha value is -2.21. The molecule has 1 atom stereocenters. The molecule has 0 spiro atoms. The predicted octanol–water partition coefficient (Wildman–Crippen LogP) is 3.12. The zero-order valence-electron chi connectivity index (χ0n) is 15.6. The molecule has 0 radical (unpaired) electrons. The molecule has 30 heavy (non-hydrogen) atoms. The fourth-order valence-corrected chi connectivity index (χ4v) is 4.45. The van der Waals surface area contributed by atoms with Gasteiger partial charge in [0.1, 0.15) is 6.04 Å². The number of carbonyl (C=O) groups excluding carboxylic acids is 4. The van der Waals surface area contributed by atoms with E-state index in [9.17, 15) is 19.2 Å². The van der Waals surface area contributed by atoms with Crippen molar-refractivity contribution in [2.75, 3.05) is 17.7 Å². The van der Waals surface area contributed by atoms with Crippen LogP contribution in [0.15, 0.2) is 16.5 Å². The standard InChI is InChI=1S/C17H14Cl2N4O5S2/c1-3-28-12(24)6-29-17-22-21-16(30-17)20-13(25)7(2)23-14(26)8-4-10(18)11(19)5-9(8)15(23)27/h4-5,7H,3,6H2,1-2H3,(H,20,21,25). The molecule has 0 saturated carbocycles. The van der Waals surface area contributed by atoms with Gasteiger partial charge in [-0.3, -0.25) is 29.4 Å². The first-order chi connectivity index (χ1) is 14.2. The number of anilines is 1. The maximum Gasteiger partial charge on any atom is 0.316 e. The number of hydrogen-bond acceptors (Lipinski definition) is 9. The number of ether oxygens (including phenoxy) is 1. The van der Waals surface area contributed by atoms with Crippen molar-refractivity contribution in [3.8, 4) is 0 Å². The molecule has 1 aromatic heterocycles. The number of thioether (sulfide) groups is 1. The highest BCUT2D eigenvalue weighted by Crippen LogP contribution is 2.33. The Morgan fingerprint density at radius 2 is 1.80 bits per heavy atom. The van der Waals surface area contributed by atoms with Gasteiger partial charge in [-0.05, 0) is 26.0 Å². The molecule has 0 fully saturated rings. The van der Waals surface area contributed by atoms with E-state index in [2.05, 4.69) is 15.5 Å². The average molecular weight is 489 g/mol. The van der Waals surface area contributed by atoms with Crippen molar-refractivity contribution in [1.82, 2.24) is 15.1 Å². The second-order valence-corrected chi connectivity index (χ2v) is 8.94. The number of nitrogens with zero attached hydrogens (tertiary/aromatic N) is 3. The summed E-state index contributed by atoms with van der Waals surface area (Å²) in [4.78, 5) is 50.1. The molecule has 13 heteroatoms. The average Bonchev–Trinajstić information content (AvgIpc) is 3.23. The zero-order valence-corrected chi connectivity index (χ0v) is 18.7. The van der Waals surface area contributed by atoms with Crippen LogP contribution in [0.1, 0.15) is 34.6 Å². The van der Waals surface area contributed by atoms with Crippen LogP contribution in [0, 0.1) is 0 Å². The first-order valence-electron chi connectivity index (χ1n) is 8.52. The van der Waals surface area contributed by atoms with E-state index in [0.717, 1.165) is 28.0 Å². The van der Waals surface area contributed by atoms with Crippen LogP contribution in [-0.4, -0.2) is 57.2 Å². The maximum atomic E-state index is 12.6. The zero-order chi connectivity index (χ0) is 22.0. The van der Waals surface area contributed by atoms with Crippen molar-refractivity contribution in [1.29, 1.82) is 0 Å². The highest BCUT2D eigenvalue weighted by atomic mass is 35.5. The molecule has 1 aliphatic heterocycles. The number of benzene rings is 1. The Labute approximate surface area is 189 Å². The molecule has 1 aromatic carbocycles. The predicted molar refractivity (Wildman–Crippen MR) is 112 cm³/mol. The molecule has 2 aromatic rings. The fourth-order valence-electron chi connectivity index (χ4n) is 2.57. The van der Waals surface area contributed by atoms with Crippen LogP contribution in [-0.2, 0) is 14.3 Å². The van der Waals surface area contributed by atoms with Crippen molar-refractivity contribution in [2.45, 2.75) is 24.2 Å². The van der Waals surface area contributed by atoms with Gasteiger partial charge in [-0.1, -0.05) is 46.3 Å². The van der Waals surface area contributed by atoms with Crippen LogP contribution >= 0.6 is 46.3 Å². The summed E-state index contributed by atoms with van der Waals surface area (Å²) in [7, 11) is 0. The van der Waals surface area contributed by atoms with Gasteiger partial charge in [0, 0.05) is 0 Å². The van der Waals surface area contributed by atoms with E-state index in [4.69, 9.17) is 27.9 Å². The van der Waals surface area contributed by atoms with E-state index >= 15 is 0 Å². The Balaban J connectivity index is 1.66. The van der Waals surface area contributed by atoms with Gasteiger partial charge >= 0.3 is 5.97 Å². The van der Waals surface area contributed by atoms with E-state index in [-0.39, 0.29) is 44.6 Å². The van der Waals surface area contributed by atoms with Crippen LogP contribution < -0.4 is 5.32 Å². The number of hydrogen-bond donors (Lipinski definition) is 1. The molecule has 9 nitrogen and oxygen atoms in total. The summed E-state index contributed by atoms with van der Waals surface area (Å²) >= 11 is 14.0. The van der Waals surface area contributed by atoms with Gasteiger partial charge in [-0.2, -0.15) is 0 Å². The number of fused-ring (bicyclic) bond motifs is 1. The molecular weight excluding hydrogens is 475 g/mol. The summed E-state index contributed by atoms with van der Waals surface area (Å²) in [6, 6.07) is 1.50. The van der Waals surface area contributed by atoms with Gasteiger partial charge in [0.2, 0.25) is 11.0 Å². The quantitative estimate of drug-likeness (QED) is 0.273. The summed E-state index contributed by atoms with van der Waals surface area (Å²) in [6.07, 6.45) is 0. The van der Waals surface area contributed by atoms with Crippen molar-refractivity contribution in [2.24, 2.45) is 0 Å². The minimum Gasteiger partial charge on any atom is -0.465 e. The Morgan fingerprint density at radius 3 is 2.37 bits per heavy atom. The number of aromatic nitrogens is 2. The number of halogens is 2.